The molecule has 3 rings (SSSR count). The molecule has 0 amide bonds. The lowest BCUT2D eigenvalue weighted by atomic mass is 9.92. The van der Waals surface area contributed by atoms with Crippen LogP contribution in [0.4, 0.5) is 0 Å². The van der Waals surface area contributed by atoms with E-state index in [1.165, 1.54) is 5.56 Å². The number of hydrogen-bond donors (Lipinski definition) is 1. The highest BCUT2D eigenvalue weighted by Crippen LogP contribution is 2.40. The molecule has 0 bridgehead atoms. The molecule has 110 valence electrons. The number of nitrogens with two attached hydrogens (primary N) is 1. The highest BCUT2D eigenvalue weighted by atomic mass is 16.5. The Hall–Kier alpha value is -1.84. The van der Waals surface area contributed by atoms with Gasteiger partial charge in [-0.3, -0.25) is 0 Å². The Morgan fingerprint density at radius 1 is 1.24 bits per heavy atom. The van der Waals surface area contributed by atoms with Crippen molar-refractivity contribution in [3.8, 4) is 5.75 Å². The molecule has 3 heteroatoms. The molecular formula is C18H21NO2. The van der Waals surface area contributed by atoms with E-state index < -0.39 is 0 Å². The van der Waals surface area contributed by atoms with Crippen LogP contribution in [0, 0.1) is 6.92 Å². The first-order valence-corrected chi connectivity index (χ1v) is 7.28. The monoisotopic (exact) mass is 283 g/mol. The van der Waals surface area contributed by atoms with E-state index in [1.807, 2.05) is 12.1 Å². The van der Waals surface area contributed by atoms with Crippen LogP contribution in [-0.4, -0.2) is 7.11 Å². The minimum atomic E-state index is 0.00649. The predicted molar refractivity (Wildman–Crippen MR) is 83.2 cm³/mol. The van der Waals surface area contributed by atoms with Gasteiger partial charge in [0.1, 0.15) is 11.9 Å². The molecule has 0 aliphatic carbocycles. The van der Waals surface area contributed by atoms with Crippen molar-refractivity contribution in [1.29, 1.82) is 0 Å². The van der Waals surface area contributed by atoms with Crippen molar-refractivity contribution in [3.05, 3.63) is 64.7 Å². The van der Waals surface area contributed by atoms with Crippen LogP contribution in [0.2, 0.25) is 0 Å². The second kappa shape index (κ2) is 5.88. The molecule has 0 fully saturated rings. The third-order valence-electron chi connectivity index (χ3n) is 3.94. The number of hydrogen-bond acceptors (Lipinski definition) is 3. The first-order chi connectivity index (χ1) is 10.2. The molecule has 0 aromatic heterocycles. The number of ether oxygens (including phenoxy) is 2. The number of fused-ring (bicyclic) bond motifs is 1. The predicted octanol–water partition coefficient (Wildman–Crippen LogP) is 3.67. The number of aryl methyl sites for hydroxylation is 1. The average Bonchev–Trinajstić information content (AvgIpc) is 2.48. The van der Waals surface area contributed by atoms with Gasteiger partial charge in [0.15, 0.2) is 0 Å². The van der Waals surface area contributed by atoms with E-state index in [1.54, 1.807) is 7.11 Å². The molecule has 1 aliphatic rings. The normalized spacial score (nSPS) is 20.7. The summed E-state index contributed by atoms with van der Waals surface area (Å²) in [5.41, 5.74) is 11.0. The molecule has 0 radical (unpaired) electrons. The summed E-state index contributed by atoms with van der Waals surface area (Å²) in [6, 6.07) is 14.6. The Morgan fingerprint density at radius 2 is 2.10 bits per heavy atom. The van der Waals surface area contributed by atoms with Gasteiger partial charge in [-0.1, -0.05) is 35.9 Å². The summed E-state index contributed by atoms with van der Waals surface area (Å²) in [5.74, 6) is 0.904. The smallest absolute Gasteiger partial charge is 0.126 e. The topological polar surface area (TPSA) is 44.5 Å². The Labute approximate surface area is 125 Å². The summed E-state index contributed by atoms with van der Waals surface area (Å²) in [6.45, 7) is 2.69. The minimum absolute atomic E-state index is 0.00649. The van der Waals surface area contributed by atoms with Gasteiger partial charge in [0.05, 0.1) is 6.61 Å². The Balaban J connectivity index is 1.88. The van der Waals surface area contributed by atoms with Crippen molar-refractivity contribution >= 4 is 0 Å². The van der Waals surface area contributed by atoms with Gasteiger partial charge in [-0.05, 0) is 30.2 Å². The van der Waals surface area contributed by atoms with Crippen LogP contribution in [0.25, 0.3) is 0 Å². The highest BCUT2D eigenvalue weighted by Gasteiger charge is 2.27. The Morgan fingerprint density at radius 3 is 2.90 bits per heavy atom. The van der Waals surface area contributed by atoms with Crippen molar-refractivity contribution in [2.45, 2.75) is 32.1 Å². The van der Waals surface area contributed by atoms with Crippen molar-refractivity contribution in [2.75, 3.05) is 7.11 Å². The van der Waals surface area contributed by atoms with Crippen LogP contribution in [0.1, 0.15) is 40.8 Å². The summed E-state index contributed by atoms with van der Waals surface area (Å²) in [7, 11) is 1.71. The van der Waals surface area contributed by atoms with Crippen LogP contribution < -0.4 is 10.5 Å². The van der Waals surface area contributed by atoms with Gasteiger partial charge in [0, 0.05) is 25.1 Å². The second-order valence-electron chi connectivity index (χ2n) is 5.67. The fraction of sp³-hybridized carbons (Fsp3) is 0.333. The van der Waals surface area contributed by atoms with Gasteiger partial charge in [-0.15, -0.1) is 0 Å². The Bertz CT molecular complexity index is 639. The molecule has 2 aromatic carbocycles. The molecule has 1 aliphatic heterocycles. The van der Waals surface area contributed by atoms with Crippen molar-refractivity contribution in [1.82, 2.24) is 0 Å². The third-order valence-corrected chi connectivity index (χ3v) is 3.94. The van der Waals surface area contributed by atoms with Crippen molar-refractivity contribution in [3.63, 3.8) is 0 Å². The van der Waals surface area contributed by atoms with Crippen LogP contribution in [0.3, 0.4) is 0 Å². The van der Waals surface area contributed by atoms with Crippen molar-refractivity contribution in [2.24, 2.45) is 5.73 Å². The maximum Gasteiger partial charge on any atom is 0.126 e. The highest BCUT2D eigenvalue weighted by molar-refractivity contribution is 5.42. The largest absolute Gasteiger partial charge is 0.485 e. The van der Waals surface area contributed by atoms with E-state index >= 15 is 0 Å². The summed E-state index contributed by atoms with van der Waals surface area (Å²) >= 11 is 0. The Kier molecular flexibility index (Phi) is 3.95. The van der Waals surface area contributed by atoms with Crippen LogP contribution in [-0.2, 0) is 11.3 Å². The zero-order valence-electron chi connectivity index (χ0n) is 12.5. The lowest BCUT2D eigenvalue weighted by Gasteiger charge is -2.31. The van der Waals surface area contributed by atoms with E-state index in [0.717, 1.165) is 28.9 Å². The molecule has 0 saturated heterocycles. The van der Waals surface area contributed by atoms with Gasteiger partial charge in [-0.2, -0.15) is 0 Å². The molecule has 1 unspecified atom stereocenters. The van der Waals surface area contributed by atoms with Gasteiger partial charge in [0.25, 0.3) is 0 Å². The number of benzene rings is 2. The maximum absolute atomic E-state index is 6.34. The molecule has 0 spiro atoms. The van der Waals surface area contributed by atoms with Crippen LogP contribution in [0.15, 0.2) is 42.5 Å². The fourth-order valence-corrected chi connectivity index (χ4v) is 2.88. The van der Waals surface area contributed by atoms with Gasteiger partial charge >= 0.3 is 0 Å². The molecular weight excluding hydrogens is 262 g/mol. The van der Waals surface area contributed by atoms with Crippen LogP contribution in [0.5, 0.6) is 5.75 Å². The number of rotatable bonds is 3. The lowest BCUT2D eigenvalue weighted by molar-refractivity contribution is 0.160. The average molecular weight is 283 g/mol. The van der Waals surface area contributed by atoms with Gasteiger partial charge < -0.3 is 15.2 Å². The minimum Gasteiger partial charge on any atom is -0.485 e. The summed E-state index contributed by atoms with van der Waals surface area (Å²) in [4.78, 5) is 0. The van der Waals surface area contributed by atoms with Gasteiger partial charge in [-0.25, -0.2) is 0 Å². The molecule has 2 aromatic rings. The number of methoxy groups -OCH3 is 1. The quantitative estimate of drug-likeness (QED) is 0.934. The summed E-state index contributed by atoms with van der Waals surface area (Å²) in [5, 5.41) is 0. The van der Waals surface area contributed by atoms with E-state index in [4.69, 9.17) is 15.2 Å². The molecule has 1 heterocycles. The van der Waals surface area contributed by atoms with E-state index in [-0.39, 0.29) is 12.1 Å². The zero-order chi connectivity index (χ0) is 14.8. The summed E-state index contributed by atoms with van der Waals surface area (Å²) < 4.78 is 11.4. The molecule has 21 heavy (non-hydrogen) atoms. The molecule has 2 atom stereocenters. The first-order valence-electron chi connectivity index (χ1n) is 7.28. The SMILES string of the molecule is COCc1cccc(C2C[C@H](N)c3cc(C)ccc3O2)c1. The molecule has 2 N–H and O–H groups in total. The standard InChI is InChI=1S/C18H21NO2/c1-12-6-7-17-15(8-12)16(19)10-18(21-17)14-5-3-4-13(9-14)11-20-2/h3-9,16,18H,10-11,19H2,1-2H3/t16-,18?/m0/s1. The first kappa shape index (κ1) is 14.1. The van der Waals surface area contributed by atoms with Gasteiger partial charge in [0.2, 0.25) is 0 Å². The van der Waals surface area contributed by atoms with Crippen molar-refractivity contribution < 1.29 is 9.47 Å². The summed E-state index contributed by atoms with van der Waals surface area (Å²) in [6.07, 6.45) is 0.805. The third kappa shape index (κ3) is 2.94. The van der Waals surface area contributed by atoms with E-state index in [9.17, 15) is 0 Å². The maximum atomic E-state index is 6.34. The fourth-order valence-electron chi connectivity index (χ4n) is 2.88. The second-order valence-corrected chi connectivity index (χ2v) is 5.67. The molecule has 0 saturated carbocycles. The van der Waals surface area contributed by atoms with E-state index in [2.05, 4.69) is 37.3 Å². The zero-order valence-corrected chi connectivity index (χ0v) is 12.5. The van der Waals surface area contributed by atoms with E-state index in [0.29, 0.717) is 6.61 Å². The lowest BCUT2D eigenvalue weighted by Crippen LogP contribution is -2.24. The molecule has 3 nitrogen and oxygen atoms in total. The van der Waals surface area contributed by atoms with Crippen LogP contribution >= 0.6 is 0 Å².